The van der Waals surface area contributed by atoms with Gasteiger partial charge in [0.1, 0.15) is 11.5 Å². The molecular weight excluding hydrogens is 350 g/mol. The van der Waals surface area contributed by atoms with E-state index in [9.17, 15) is 14.4 Å². The Balaban J connectivity index is 1.95. The summed E-state index contributed by atoms with van der Waals surface area (Å²) in [6.45, 7) is 1.18. The number of carbonyl (C=O) groups excluding carboxylic acids is 3. The molecule has 8 heteroatoms. The van der Waals surface area contributed by atoms with Gasteiger partial charge in [0.15, 0.2) is 0 Å². The van der Waals surface area contributed by atoms with E-state index in [4.69, 9.17) is 9.47 Å². The van der Waals surface area contributed by atoms with E-state index in [0.717, 1.165) is 0 Å². The summed E-state index contributed by atoms with van der Waals surface area (Å²) in [6, 6.07) is 11.4. The van der Waals surface area contributed by atoms with E-state index in [2.05, 4.69) is 16.0 Å². The first-order valence-electron chi connectivity index (χ1n) is 8.10. The van der Waals surface area contributed by atoms with Crippen LogP contribution < -0.4 is 25.4 Å². The van der Waals surface area contributed by atoms with E-state index in [-0.39, 0.29) is 12.5 Å². The molecule has 0 saturated carbocycles. The minimum Gasteiger partial charge on any atom is -0.497 e. The molecule has 0 atom stereocenters. The average molecular weight is 371 g/mol. The number of rotatable bonds is 7. The Hall–Kier alpha value is -3.55. The van der Waals surface area contributed by atoms with Crippen LogP contribution in [0.2, 0.25) is 0 Å². The lowest BCUT2D eigenvalue weighted by Gasteiger charge is -2.10. The normalized spacial score (nSPS) is 9.89. The van der Waals surface area contributed by atoms with Crippen LogP contribution in [0.3, 0.4) is 0 Å². The Labute approximate surface area is 156 Å². The van der Waals surface area contributed by atoms with Gasteiger partial charge in [-0.1, -0.05) is 6.07 Å². The molecule has 27 heavy (non-hydrogen) atoms. The fourth-order valence-corrected chi connectivity index (χ4v) is 2.28. The number of amides is 3. The molecule has 0 bridgehead atoms. The average Bonchev–Trinajstić information content (AvgIpc) is 2.65. The lowest BCUT2D eigenvalue weighted by Crippen LogP contribution is -2.32. The van der Waals surface area contributed by atoms with Gasteiger partial charge in [0.2, 0.25) is 11.8 Å². The Bertz CT molecular complexity index is 829. The number of nitrogens with one attached hydrogen (secondary N) is 3. The van der Waals surface area contributed by atoms with Crippen molar-refractivity contribution in [3.8, 4) is 11.5 Å². The molecule has 3 N–H and O–H groups in total. The molecule has 3 amide bonds. The van der Waals surface area contributed by atoms with Crippen LogP contribution in [-0.2, 0) is 9.59 Å². The molecule has 142 valence electrons. The molecule has 2 aromatic carbocycles. The first-order valence-corrected chi connectivity index (χ1v) is 8.10. The fraction of sp³-hybridized carbons (Fsp3) is 0.211. The van der Waals surface area contributed by atoms with Crippen molar-refractivity contribution in [1.82, 2.24) is 5.32 Å². The standard InChI is InChI=1S/C19H21N3O5/c1-12(23)21-14-5-4-6-15(9-14)22-18(24)11-20-19(25)13-7-16(26-2)10-17(8-13)27-3/h4-10H,11H2,1-3H3,(H,20,25)(H,21,23)(H,22,24). The first kappa shape index (κ1) is 19.8. The Morgan fingerprint density at radius 3 is 2.04 bits per heavy atom. The predicted molar refractivity (Wildman–Crippen MR) is 101 cm³/mol. The highest BCUT2D eigenvalue weighted by atomic mass is 16.5. The van der Waals surface area contributed by atoms with Gasteiger partial charge < -0.3 is 25.4 Å². The van der Waals surface area contributed by atoms with Crippen molar-refractivity contribution in [2.45, 2.75) is 6.92 Å². The number of hydrogen-bond acceptors (Lipinski definition) is 5. The summed E-state index contributed by atoms with van der Waals surface area (Å²) in [4.78, 5) is 35.4. The molecule has 2 rings (SSSR count). The van der Waals surface area contributed by atoms with Crippen molar-refractivity contribution < 1.29 is 23.9 Å². The van der Waals surface area contributed by atoms with E-state index in [1.165, 1.54) is 21.1 Å². The zero-order chi connectivity index (χ0) is 19.8. The Morgan fingerprint density at radius 2 is 1.48 bits per heavy atom. The van der Waals surface area contributed by atoms with Gasteiger partial charge in [-0.25, -0.2) is 0 Å². The van der Waals surface area contributed by atoms with Crippen LogP contribution in [0.1, 0.15) is 17.3 Å². The maximum Gasteiger partial charge on any atom is 0.251 e. The van der Waals surface area contributed by atoms with Gasteiger partial charge in [-0.2, -0.15) is 0 Å². The van der Waals surface area contributed by atoms with Crippen LogP contribution in [0.15, 0.2) is 42.5 Å². The largest absolute Gasteiger partial charge is 0.497 e. The van der Waals surface area contributed by atoms with Crippen molar-refractivity contribution in [2.75, 3.05) is 31.4 Å². The van der Waals surface area contributed by atoms with Crippen molar-refractivity contribution in [3.05, 3.63) is 48.0 Å². The van der Waals surface area contributed by atoms with Crippen LogP contribution in [0.5, 0.6) is 11.5 Å². The van der Waals surface area contributed by atoms with Gasteiger partial charge in [-0.05, 0) is 30.3 Å². The highest BCUT2D eigenvalue weighted by Crippen LogP contribution is 2.22. The maximum atomic E-state index is 12.3. The summed E-state index contributed by atoms with van der Waals surface area (Å²) < 4.78 is 10.2. The molecular formula is C19H21N3O5. The lowest BCUT2D eigenvalue weighted by molar-refractivity contribution is -0.115. The zero-order valence-electron chi connectivity index (χ0n) is 15.3. The maximum absolute atomic E-state index is 12.3. The second-order valence-electron chi connectivity index (χ2n) is 5.59. The second-order valence-corrected chi connectivity index (χ2v) is 5.59. The zero-order valence-corrected chi connectivity index (χ0v) is 15.3. The first-order chi connectivity index (χ1) is 12.9. The summed E-state index contributed by atoms with van der Waals surface area (Å²) >= 11 is 0. The molecule has 0 aromatic heterocycles. The topological polar surface area (TPSA) is 106 Å². The molecule has 0 heterocycles. The molecule has 0 radical (unpaired) electrons. The van der Waals surface area contributed by atoms with Gasteiger partial charge in [0.05, 0.1) is 20.8 Å². The van der Waals surface area contributed by atoms with Crippen molar-refractivity contribution in [1.29, 1.82) is 0 Å². The monoisotopic (exact) mass is 371 g/mol. The minimum atomic E-state index is -0.436. The molecule has 0 saturated heterocycles. The highest BCUT2D eigenvalue weighted by Gasteiger charge is 2.11. The van der Waals surface area contributed by atoms with Gasteiger partial charge in [0.25, 0.3) is 5.91 Å². The minimum absolute atomic E-state index is 0.209. The number of hydrogen-bond donors (Lipinski definition) is 3. The molecule has 0 spiro atoms. The molecule has 8 nitrogen and oxygen atoms in total. The molecule has 0 aliphatic rings. The summed E-state index contributed by atoms with van der Waals surface area (Å²) in [6.07, 6.45) is 0. The third kappa shape index (κ3) is 6.03. The van der Waals surface area contributed by atoms with Gasteiger partial charge in [-0.15, -0.1) is 0 Å². The summed E-state index contributed by atoms with van der Waals surface area (Å²) in [5.74, 6) is -0.107. The summed E-state index contributed by atoms with van der Waals surface area (Å²) in [5.41, 5.74) is 1.38. The van der Waals surface area contributed by atoms with Crippen LogP contribution in [-0.4, -0.2) is 38.5 Å². The summed E-state index contributed by atoms with van der Waals surface area (Å²) in [5, 5.41) is 7.82. The van der Waals surface area contributed by atoms with Crippen LogP contribution in [0.25, 0.3) is 0 Å². The van der Waals surface area contributed by atoms with Crippen LogP contribution in [0, 0.1) is 0 Å². The second kappa shape index (κ2) is 9.23. The Kier molecular flexibility index (Phi) is 6.76. The fourth-order valence-electron chi connectivity index (χ4n) is 2.28. The molecule has 2 aromatic rings. The number of ether oxygens (including phenoxy) is 2. The highest BCUT2D eigenvalue weighted by molar-refractivity contribution is 6.00. The lowest BCUT2D eigenvalue weighted by atomic mass is 10.2. The van der Waals surface area contributed by atoms with Gasteiger partial charge in [0, 0.05) is 29.9 Å². The molecule has 0 unspecified atom stereocenters. The smallest absolute Gasteiger partial charge is 0.251 e. The van der Waals surface area contributed by atoms with Crippen molar-refractivity contribution in [3.63, 3.8) is 0 Å². The Morgan fingerprint density at radius 1 is 0.889 bits per heavy atom. The van der Waals surface area contributed by atoms with Crippen LogP contribution >= 0.6 is 0 Å². The van der Waals surface area contributed by atoms with E-state index >= 15 is 0 Å². The van der Waals surface area contributed by atoms with Gasteiger partial charge >= 0.3 is 0 Å². The van der Waals surface area contributed by atoms with Crippen molar-refractivity contribution >= 4 is 29.1 Å². The number of benzene rings is 2. The van der Waals surface area contributed by atoms with E-state index < -0.39 is 11.8 Å². The third-order valence-corrected chi connectivity index (χ3v) is 3.49. The quantitative estimate of drug-likeness (QED) is 0.691. The predicted octanol–water partition coefficient (Wildman–Crippen LogP) is 2.03. The van der Waals surface area contributed by atoms with Crippen LogP contribution in [0.4, 0.5) is 11.4 Å². The SMILES string of the molecule is COc1cc(OC)cc(C(=O)NCC(=O)Nc2cccc(NC(C)=O)c2)c1. The third-order valence-electron chi connectivity index (χ3n) is 3.49. The van der Waals surface area contributed by atoms with E-state index in [0.29, 0.717) is 28.4 Å². The molecule has 0 aliphatic heterocycles. The molecule has 0 aliphatic carbocycles. The van der Waals surface area contributed by atoms with E-state index in [1.807, 2.05) is 0 Å². The van der Waals surface area contributed by atoms with Crippen molar-refractivity contribution in [2.24, 2.45) is 0 Å². The summed E-state index contributed by atoms with van der Waals surface area (Å²) in [7, 11) is 2.97. The number of methoxy groups -OCH3 is 2. The molecule has 0 fully saturated rings. The number of carbonyl (C=O) groups is 3. The van der Waals surface area contributed by atoms with Gasteiger partial charge in [-0.3, -0.25) is 14.4 Å². The van der Waals surface area contributed by atoms with E-state index in [1.54, 1.807) is 42.5 Å². The number of anilines is 2.